The molecule has 0 aliphatic carbocycles. The molecule has 0 unspecified atom stereocenters. The molecule has 24 heavy (non-hydrogen) atoms. The van der Waals surface area contributed by atoms with Crippen LogP contribution >= 0.6 is 0 Å². The van der Waals surface area contributed by atoms with Crippen molar-refractivity contribution in [3.8, 4) is 0 Å². The van der Waals surface area contributed by atoms with Gasteiger partial charge in [0.2, 0.25) is 5.91 Å². The minimum atomic E-state index is -0.0640. The summed E-state index contributed by atoms with van der Waals surface area (Å²) in [5, 5.41) is 15.5. The van der Waals surface area contributed by atoms with Gasteiger partial charge in [0.05, 0.1) is 11.2 Å². The van der Waals surface area contributed by atoms with Gasteiger partial charge in [-0.05, 0) is 38.0 Å². The first kappa shape index (κ1) is 16.2. The van der Waals surface area contributed by atoms with Crippen molar-refractivity contribution in [2.75, 3.05) is 6.54 Å². The number of carbonyl (C=O) groups is 1. The van der Waals surface area contributed by atoms with Gasteiger partial charge in [0.25, 0.3) is 0 Å². The second-order valence-corrected chi connectivity index (χ2v) is 6.25. The highest BCUT2D eigenvalue weighted by atomic mass is 16.2. The summed E-state index contributed by atoms with van der Waals surface area (Å²) in [4.78, 5) is 12.2. The van der Waals surface area contributed by atoms with Gasteiger partial charge in [-0.3, -0.25) is 9.48 Å². The van der Waals surface area contributed by atoms with Gasteiger partial charge in [-0.2, -0.15) is 5.10 Å². The van der Waals surface area contributed by atoms with E-state index >= 15 is 0 Å². The molecule has 0 aliphatic heterocycles. The molecular weight excluding hydrogens is 304 g/mol. The maximum atomic E-state index is 12.2. The number of carbonyl (C=O) groups excluding carboxylic acids is 1. The summed E-state index contributed by atoms with van der Waals surface area (Å²) in [5.41, 5.74) is 3.81. The Morgan fingerprint density at radius 2 is 2.04 bits per heavy atom. The van der Waals surface area contributed by atoms with Crippen LogP contribution in [0.1, 0.15) is 18.3 Å². The summed E-state index contributed by atoms with van der Waals surface area (Å²) < 4.78 is 3.60. The monoisotopic (exact) mass is 326 g/mol. The maximum absolute atomic E-state index is 12.2. The van der Waals surface area contributed by atoms with E-state index in [2.05, 4.69) is 33.7 Å². The number of hydrogen-bond donors (Lipinski definition) is 1. The van der Waals surface area contributed by atoms with Gasteiger partial charge < -0.3 is 5.32 Å². The van der Waals surface area contributed by atoms with E-state index in [1.54, 1.807) is 4.68 Å². The molecule has 1 amide bonds. The molecule has 2 heterocycles. The Balaban J connectivity index is 1.53. The second-order valence-electron chi connectivity index (χ2n) is 6.25. The zero-order chi connectivity index (χ0) is 17.1. The van der Waals surface area contributed by atoms with Crippen molar-refractivity contribution >= 4 is 16.9 Å². The molecule has 126 valence electrons. The van der Waals surface area contributed by atoms with Gasteiger partial charge in [-0.1, -0.05) is 24.3 Å². The SMILES string of the molecule is Cc1cc(C)n(C[C@H](C)CNC(=O)Cn2nnc3ccccc32)n1. The highest BCUT2D eigenvalue weighted by Crippen LogP contribution is 2.09. The number of nitrogens with one attached hydrogen (secondary N) is 1. The van der Waals surface area contributed by atoms with Crippen molar-refractivity contribution < 1.29 is 4.79 Å². The first-order chi connectivity index (χ1) is 11.5. The number of benzene rings is 1. The Morgan fingerprint density at radius 3 is 2.79 bits per heavy atom. The van der Waals surface area contributed by atoms with E-state index in [-0.39, 0.29) is 12.5 Å². The van der Waals surface area contributed by atoms with Crippen LogP contribution in [0.3, 0.4) is 0 Å². The number of aromatic nitrogens is 5. The van der Waals surface area contributed by atoms with Crippen molar-refractivity contribution in [2.45, 2.75) is 33.9 Å². The minimum absolute atomic E-state index is 0.0640. The molecule has 0 radical (unpaired) electrons. The molecular formula is C17H22N6O. The summed E-state index contributed by atoms with van der Waals surface area (Å²) >= 11 is 0. The van der Waals surface area contributed by atoms with Gasteiger partial charge in [-0.15, -0.1) is 5.10 Å². The summed E-state index contributed by atoms with van der Waals surface area (Å²) in [7, 11) is 0. The number of para-hydroxylation sites is 1. The molecule has 7 nitrogen and oxygen atoms in total. The average molecular weight is 326 g/mol. The number of amides is 1. The second kappa shape index (κ2) is 6.82. The fraction of sp³-hybridized carbons (Fsp3) is 0.412. The van der Waals surface area contributed by atoms with Crippen molar-refractivity contribution in [1.29, 1.82) is 0 Å². The third-order valence-corrected chi connectivity index (χ3v) is 3.95. The van der Waals surface area contributed by atoms with Crippen molar-refractivity contribution in [2.24, 2.45) is 5.92 Å². The van der Waals surface area contributed by atoms with E-state index in [0.717, 1.165) is 29.0 Å². The van der Waals surface area contributed by atoms with Crippen LogP contribution in [0.5, 0.6) is 0 Å². The highest BCUT2D eigenvalue weighted by Gasteiger charge is 2.11. The fourth-order valence-corrected chi connectivity index (χ4v) is 2.73. The fourth-order valence-electron chi connectivity index (χ4n) is 2.73. The van der Waals surface area contributed by atoms with Crippen molar-refractivity contribution in [1.82, 2.24) is 30.1 Å². The molecule has 1 atom stereocenters. The third kappa shape index (κ3) is 3.61. The summed E-state index contributed by atoms with van der Waals surface area (Å²) in [6.07, 6.45) is 0. The number of hydrogen-bond acceptors (Lipinski definition) is 4. The van der Waals surface area contributed by atoms with Gasteiger partial charge >= 0.3 is 0 Å². The maximum Gasteiger partial charge on any atom is 0.241 e. The van der Waals surface area contributed by atoms with Crippen LogP contribution in [-0.2, 0) is 17.9 Å². The largest absolute Gasteiger partial charge is 0.354 e. The van der Waals surface area contributed by atoms with Crippen LogP contribution in [0.2, 0.25) is 0 Å². The normalized spacial score (nSPS) is 12.5. The molecule has 3 aromatic rings. The quantitative estimate of drug-likeness (QED) is 0.748. The average Bonchev–Trinajstić information content (AvgIpc) is 3.09. The first-order valence-corrected chi connectivity index (χ1v) is 8.09. The molecule has 7 heteroatoms. The zero-order valence-corrected chi connectivity index (χ0v) is 14.2. The number of rotatable bonds is 6. The molecule has 1 N–H and O–H groups in total. The van der Waals surface area contributed by atoms with Crippen LogP contribution in [0.15, 0.2) is 30.3 Å². The van der Waals surface area contributed by atoms with Crippen molar-refractivity contribution in [3.05, 3.63) is 41.7 Å². The highest BCUT2D eigenvalue weighted by molar-refractivity contribution is 5.79. The molecule has 3 rings (SSSR count). The van der Waals surface area contributed by atoms with Gasteiger partial charge in [0, 0.05) is 18.8 Å². The zero-order valence-electron chi connectivity index (χ0n) is 14.2. The van der Waals surface area contributed by atoms with E-state index < -0.39 is 0 Å². The van der Waals surface area contributed by atoms with E-state index in [1.807, 2.05) is 42.8 Å². The van der Waals surface area contributed by atoms with E-state index in [4.69, 9.17) is 0 Å². The van der Waals surface area contributed by atoms with E-state index in [0.29, 0.717) is 12.5 Å². The van der Waals surface area contributed by atoms with Gasteiger partial charge in [0.1, 0.15) is 12.1 Å². The van der Waals surface area contributed by atoms with Crippen LogP contribution in [-0.4, -0.2) is 37.2 Å². The van der Waals surface area contributed by atoms with Crippen LogP contribution in [0, 0.1) is 19.8 Å². The first-order valence-electron chi connectivity index (χ1n) is 8.09. The predicted molar refractivity (Wildman–Crippen MR) is 91.4 cm³/mol. The molecule has 0 saturated carbocycles. The molecule has 0 saturated heterocycles. The lowest BCUT2D eigenvalue weighted by Gasteiger charge is -2.14. The minimum Gasteiger partial charge on any atom is -0.354 e. The third-order valence-electron chi connectivity index (χ3n) is 3.95. The Labute approximate surface area is 140 Å². The summed E-state index contributed by atoms with van der Waals surface area (Å²) in [6.45, 7) is 7.68. The van der Waals surface area contributed by atoms with Crippen LogP contribution in [0.4, 0.5) is 0 Å². The van der Waals surface area contributed by atoms with Crippen molar-refractivity contribution in [3.63, 3.8) is 0 Å². The lowest BCUT2D eigenvalue weighted by Crippen LogP contribution is -2.33. The molecule has 0 aliphatic rings. The Bertz CT molecular complexity index is 850. The summed E-state index contributed by atoms with van der Waals surface area (Å²) in [5.74, 6) is 0.227. The standard InChI is InChI=1S/C17H22N6O/c1-12(10-22-14(3)8-13(2)20-22)9-18-17(24)11-23-16-7-5-4-6-15(16)19-21-23/h4-8,12H,9-11H2,1-3H3,(H,18,24)/t12-/m1/s1. The molecule has 1 aromatic carbocycles. The molecule has 0 spiro atoms. The van der Waals surface area contributed by atoms with E-state index in [9.17, 15) is 4.79 Å². The Hall–Kier alpha value is -2.70. The molecule has 0 bridgehead atoms. The number of nitrogens with zero attached hydrogens (tertiary/aromatic N) is 5. The molecule has 0 fully saturated rings. The van der Waals surface area contributed by atoms with E-state index in [1.165, 1.54) is 0 Å². The molecule has 2 aromatic heterocycles. The van der Waals surface area contributed by atoms with Crippen LogP contribution in [0.25, 0.3) is 11.0 Å². The smallest absolute Gasteiger partial charge is 0.241 e. The van der Waals surface area contributed by atoms with Gasteiger partial charge in [-0.25, -0.2) is 4.68 Å². The lowest BCUT2D eigenvalue weighted by molar-refractivity contribution is -0.122. The lowest BCUT2D eigenvalue weighted by atomic mass is 10.2. The topological polar surface area (TPSA) is 77.6 Å². The number of fused-ring (bicyclic) bond motifs is 1. The van der Waals surface area contributed by atoms with Gasteiger partial charge in [0.15, 0.2) is 0 Å². The Kier molecular flexibility index (Phi) is 4.59. The Morgan fingerprint density at radius 1 is 1.25 bits per heavy atom. The summed E-state index contributed by atoms with van der Waals surface area (Å²) in [6, 6.07) is 9.67. The van der Waals surface area contributed by atoms with Crippen LogP contribution < -0.4 is 5.32 Å². The predicted octanol–water partition coefficient (Wildman–Crippen LogP) is 1.70. The number of aryl methyl sites for hydroxylation is 2.